The fourth-order valence-corrected chi connectivity index (χ4v) is 3.25. The number of esters is 1. The number of carbonyl (C=O) groups is 2. The third kappa shape index (κ3) is 4.64. The highest BCUT2D eigenvalue weighted by Gasteiger charge is 2.22. The Kier molecular flexibility index (Phi) is 5.80. The number of nitrogens with one attached hydrogen (secondary N) is 2. The summed E-state index contributed by atoms with van der Waals surface area (Å²) in [5, 5.41) is 2.80. The number of aromatic nitrogens is 2. The van der Waals surface area contributed by atoms with Gasteiger partial charge in [0.1, 0.15) is 5.82 Å². The Balaban J connectivity index is 1.48. The molecule has 1 amide bonds. The van der Waals surface area contributed by atoms with Gasteiger partial charge in [-0.25, -0.2) is 9.78 Å². The Morgan fingerprint density at radius 1 is 1.03 bits per heavy atom. The van der Waals surface area contributed by atoms with Gasteiger partial charge in [0.05, 0.1) is 16.6 Å². The van der Waals surface area contributed by atoms with Crippen LogP contribution in [0.3, 0.4) is 0 Å². The highest BCUT2D eigenvalue weighted by atomic mass is 16.5. The van der Waals surface area contributed by atoms with Gasteiger partial charge in [-0.2, -0.15) is 0 Å². The van der Waals surface area contributed by atoms with Crippen molar-refractivity contribution in [1.82, 2.24) is 9.97 Å². The maximum atomic E-state index is 12.7. The molecule has 2 N–H and O–H groups in total. The van der Waals surface area contributed by atoms with Gasteiger partial charge >= 0.3 is 5.97 Å². The molecule has 1 atom stereocenters. The molecule has 0 radical (unpaired) electrons. The number of hydrogen-bond donors (Lipinski definition) is 2. The minimum absolute atomic E-state index is 0.353. The molecule has 0 saturated carbocycles. The highest BCUT2D eigenvalue weighted by Crippen LogP contribution is 2.22. The molecule has 1 unspecified atom stereocenters. The molecular formula is C25H23N3O3. The monoisotopic (exact) mass is 413 g/mol. The predicted octanol–water partition coefficient (Wildman–Crippen LogP) is 5.11. The van der Waals surface area contributed by atoms with E-state index in [9.17, 15) is 9.59 Å². The fraction of sp³-hybridized carbons (Fsp3) is 0.160. The van der Waals surface area contributed by atoms with E-state index in [1.807, 2.05) is 61.5 Å². The Labute approximate surface area is 180 Å². The van der Waals surface area contributed by atoms with E-state index >= 15 is 0 Å². The van der Waals surface area contributed by atoms with Crippen LogP contribution in [0.1, 0.15) is 29.3 Å². The van der Waals surface area contributed by atoms with E-state index in [2.05, 4.69) is 15.3 Å². The zero-order valence-corrected chi connectivity index (χ0v) is 17.4. The summed E-state index contributed by atoms with van der Waals surface area (Å²) in [7, 11) is 0. The van der Waals surface area contributed by atoms with Crippen molar-refractivity contribution >= 4 is 28.6 Å². The lowest BCUT2D eigenvalue weighted by Crippen LogP contribution is -2.32. The first-order valence-electron chi connectivity index (χ1n) is 10.2. The average Bonchev–Trinajstić information content (AvgIpc) is 3.23. The van der Waals surface area contributed by atoms with Gasteiger partial charge in [-0.05, 0) is 43.7 Å². The number of carbonyl (C=O) groups excluding carboxylic acids is 2. The molecule has 0 saturated heterocycles. The summed E-state index contributed by atoms with van der Waals surface area (Å²) in [5.41, 5.74) is 4.56. The molecule has 6 heteroatoms. The van der Waals surface area contributed by atoms with E-state index in [-0.39, 0.29) is 5.91 Å². The predicted molar refractivity (Wildman–Crippen MR) is 121 cm³/mol. The van der Waals surface area contributed by atoms with E-state index in [4.69, 9.17) is 4.74 Å². The van der Waals surface area contributed by atoms with Gasteiger partial charge in [0.15, 0.2) is 6.10 Å². The van der Waals surface area contributed by atoms with Gasteiger partial charge in [-0.3, -0.25) is 4.79 Å². The summed E-state index contributed by atoms with van der Waals surface area (Å²) >= 11 is 0. The molecule has 4 aromatic rings. The van der Waals surface area contributed by atoms with Crippen LogP contribution in [0.25, 0.3) is 22.4 Å². The summed E-state index contributed by atoms with van der Waals surface area (Å²) < 4.78 is 5.50. The van der Waals surface area contributed by atoms with Crippen molar-refractivity contribution in [3.63, 3.8) is 0 Å². The number of H-pyrrole nitrogens is 1. The highest BCUT2D eigenvalue weighted by molar-refractivity contribution is 5.99. The molecule has 31 heavy (non-hydrogen) atoms. The number of hydrogen-bond acceptors (Lipinski definition) is 4. The zero-order valence-electron chi connectivity index (χ0n) is 17.4. The number of benzene rings is 3. The summed E-state index contributed by atoms with van der Waals surface area (Å²) in [6.45, 7) is 3.78. The van der Waals surface area contributed by atoms with Crippen LogP contribution in [0, 0.1) is 6.92 Å². The lowest BCUT2D eigenvalue weighted by molar-refractivity contribution is -0.124. The van der Waals surface area contributed by atoms with Crippen molar-refractivity contribution in [3.05, 3.63) is 83.9 Å². The molecule has 1 heterocycles. The molecule has 0 fully saturated rings. The molecule has 156 valence electrons. The minimum Gasteiger partial charge on any atom is -0.449 e. The van der Waals surface area contributed by atoms with Crippen LogP contribution in [0.15, 0.2) is 72.8 Å². The first kappa shape index (κ1) is 20.3. The number of amides is 1. The molecule has 0 aliphatic carbocycles. The number of anilines is 1. The van der Waals surface area contributed by atoms with Crippen molar-refractivity contribution in [2.45, 2.75) is 26.4 Å². The molecule has 0 spiro atoms. The number of nitrogens with zero attached hydrogens (tertiary/aromatic N) is 1. The molecule has 0 aliphatic rings. The van der Waals surface area contributed by atoms with E-state index in [1.54, 1.807) is 25.1 Å². The Hall–Kier alpha value is -3.93. The zero-order chi connectivity index (χ0) is 21.8. The largest absolute Gasteiger partial charge is 0.449 e. The molecule has 0 bridgehead atoms. The third-order valence-corrected chi connectivity index (χ3v) is 5.00. The lowest BCUT2D eigenvalue weighted by Gasteiger charge is -2.16. The summed E-state index contributed by atoms with van der Waals surface area (Å²) in [5.74, 6) is -0.178. The second kappa shape index (κ2) is 8.83. The summed E-state index contributed by atoms with van der Waals surface area (Å²) in [6.07, 6.45) is -0.514. The summed E-state index contributed by atoms with van der Waals surface area (Å²) in [4.78, 5) is 33.1. The van der Waals surface area contributed by atoms with Crippen molar-refractivity contribution < 1.29 is 14.3 Å². The van der Waals surface area contributed by atoms with Crippen LogP contribution in [0.4, 0.5) is 5.69 Å². The van der Waals surface area contributed by atoms with Crippen molar-refractivity contribution in [2.24, 2.45) is 0 Å². The maximum Gasteiger partial charge on any atom is 0.338 e. The normalized spacial score (nSPS) is 11.8. The van der Waals surface area contributed by atoms with E-state index in [1.165, 1.54) is 0 Å². The second-order valence-corrected chi connectivity index (χ2v) is 7.34. The van der Waals surface area contributed by atoms with Gasteiger partial charge in [0, 0.05) is 11.3 Å². The topological polar surface area (TPSA) is 84.1 Å². The average molecular weight is 413 g/mol. The first-order chi connectivity index (χ1) is 15.0. The standard InChI is InChI=1S/C25H23N3O3/c1-3-22(24(29)26-19-12-9-16(2)10-13-19)31-25(30)18-11-14-20-21(15-18)28-23(27-20)17-7-5-4-6-8-17/h4-15,22H,3H2,1-2H3,(H,26,29)(H,27,28). The van der Waals surface area contributed by atoms with Crippen LogP contribution in [-0.4, -0.2) is 27.9 Å². The molecule has 6 nitrogen and oxygen atoms in total. The van der Waals surface area contributed by atoms with Crippen LogP contribution < -0.4 is 5.32 Å². The number of imidazole rings is 1. The van der Waals surface area contributed by atoms with Crippen molar-refractivity contribution in [1.29, 1.82) is 0 Å². The van der Waals surface area contributed by atoms with Crippen LogP contribution >= 0.6 is 0 Å². The smallest absolute Gasteiger partial charge is 0.338 e. The molecule has 3 aromatic carbocycles. The quantitative estimate of drug-likeness (QED) is 0.430. The second-order valence-electron chi connectivity index (χ2n) is 7.34. The molecular weight excluding hydrogens is 390 g/mol. The van der Waals surface area contributed by atoms with E-state index in [0.29, 0.717) is 17.7 Å². The van der Waals surface area contributed by atoms with E-state index in [0.717, 1.165) is 28.0 Å². The Bertz CT molecular complexity index is 1210. The van der Waals surface area contributed by atoms with Crippen molar-refractivity contribution in [2.75, 3.05) is 5.32 Å². The Morgan fingerprint density at radius 3 is 2.48 bits per heavy atom. The van der Waals surface area contributed by atoms with Crippen LogP contribution in [0.5, 0.6) is 0 Å². The number of aromatic amines is 1. The van der Waals surface area contributed by atoms with Gasteiger partial charge in [-0.1, -0.05) is 55.0 Å². The van der Waals surface area contributed by atoms with Gasteiger partial charge in [0.25, 0.3) is 5.91 Å². The Morgan fingerprint density at radius 2 is 1.77 bits per heavy atom. The number of aryl methyl sites for hydroxylation is 1. The van der Waals surface area contributed by atoms with Gasteiger partial charge in [-0.15, -0.1) is 0 Å². The lowest BCUT2D eigenvalue weighted by atomic mass is 10.2. The minimum atomic E-state index is -0.883. The first-order valence-corrected chi connectivity index (χ1v) is 10.2. The number of ether oxygens (including phenoxy) is 1. The fourth-order valence-electron chi connectivity index (χ4n) is 3.25. The third-order valence-electron chi connectivity index (χ3n) is 5.00. The molecule has 1 aromatic heterocycles. The van der Waals surface area contributed by atoms with Gasteiger partial charge in [0.2, 0.25) is 0 Å². The van der Waals surface area contributed by atoms with Crippen LogP contribution in [0.2, 0.25) is 0 Å². The van der Waals surface area contributed by atoms with Crippen molar-refractivity contribution in [3.8, 4) is 11.4 Å². The van der Waals surface area contributed by atoms with Crippen LogP contribution in [-0.2, 0) is 9.53 Å². The van der Waals surface area contributed by atoms with E-state index < -0.39 is 12.1 Å². The number of fused-ring (bicyclic) bond motifs is 1. The number of rotatable bonds is 6. The SMILES string of the molecule is CCC(OC(=O)c1ccc2nc(-c3ccccc3)[nH]c2c1)C(=O)Nc1ccc(C)cc1. The molecule has 0 aliphatic heterocycles. The molecule has 4 rings (SSSR count). The van der Waals surface area contributed by atoms with Gasteiger partial charge < -0.3 is 15.0 Å². The maximum absolute atomic E-state index is 12.7. The summed E-state index contributed by atoms with van der Waals surface area (Å²) in [6, 6.07) is 22.3.